The first-order valence-corrected chi connectivity index (χ1v) is 7.64. The molecule has 0 atom stereocenters. The molecular formula is C16H21FN2O2. The maximum absolute atomic E-state index is 13.5. The normalized spacial score (nSPS) is 17.6. The number of rotatable bonds is 8. The fraction of sp³-hybridized carbons (Fsp3) is 0.562. The predicted octanol–water partition coefficient (Wildman–Crippen LogP) is 2.13. The lowest BCUT2D eigenvalue weighted by Gasteiger charge is -2.09. The second kappa shape index (κ2) is 6.43. The van der Waals surface area contributed by atoms with Crippen LogP contribution in [0, 0.1) is 5.82 Å². The topological polar surface area (TPSA) is 50.4 Å². The van der Waals surface area contributed by atoms with Crippen molar-refractivity contribution in [2.75, 3.05) is 6.61 Å². The van der Waals surface area contributed by atoms with Gasteiger partial charge in [-0.25, -0.2) is 4.39 Å². The smallest absolute Gasteiger partial charge is 0.223 e. The lowest BCUT2D eigenvalue weighted by atomic mass is 10.2. The van der Waals surface area contributed by atoms with E-state index in [0.717, 1.165) is 18.4 Å². The van der Waals surface area contributed by atoms with Crippen molar-refractivity contribution in [1.82, 2.24) is 10.6 Å². The standard InChI is InChI=1S/C16H21FN2O2/c17-12-7-11(10-18-13-1-2-13)8-15(9-12)21-6-5-16(20)19-14-3-4-14/h7-9,13-14,18H,1-6,10H2,(H,19,20). The second-order valence-corrected chi connectivity index (χ2v) is 5.89. The minimum atomic E-state index is -0.303. The van der Waals surface area contributed by atoms with Crippen LogP contribution in [0.25, 0.3) is 0 Å². The Kier molecular flexibility index (Phi) is 4.39. The highest BCUT2D eigenvalue weighted by molar-refractivity contribution is 5.76. The highest BCUT2D eigenvalue weighted by Gasteiger charge is 2.23. The fourth-order valence-corrected chi connectivity index (χ4v) is 2.14. The Morgan fingerprint density at radius 2 is 1.95 bits per heavy atom. The van der Waals surface area contributed by atoms with Gasteiger partial charge in [-0.15, -0.1) is 0 Å². The van der Waals surface area contributed by atoms with Crippen LogP contribution in [-0.2, 0) is 11.3 Å². The number of nitrogens with one attached hydrogen (secondary N) is 2. The summed E-state index contributed by atoms with van der Waals surface area (Å²) in [6, 6.07) is 5.66. The van der Waals surface area contributed by atoms with Gasteiger partial charge in [-0.05, 0) is 43.4 Å². The molecule has 0 spiro atoms. The van der Waals surface area contributed by atoms with E-state index < -0.39 is 0 Å². The van der Waals surface area contributed by atoms with Gasteiger partial charge in [0.1, 0.15) is 11.6 Å². The van der Waals surface area contributed by atoms with Gasteiger partial charge in [0.15, 0.2) is 0 Å². The van der Waals surface area contributed by atoms with E-state index in [1.165, 1.54) is 25.0 Å². The maximum Gasteiger partial charge on any atom is 0.223 e. The number of benzene rings is 1. The molecule has 0 saturated heterocycles. The van der Waals surface area contributed by atoms with E-state index in [4.69, 9.17) is 4.74 Å². The van der Waals surface area contributed by atoms with Crippen LogP contribution >= 0.6 is 0 Å². The van der Waals surface area contributed by atoms with E-state index in [-0.39, 0.29) is 18.3 Å². The SMILES string of the molecule is O=C(CCOc1cc(F)cc(CNC2CC2)c1)NC1CC1. The average molecular weight is 292 g/mol. The summed E-state index contributed by atoms with van der Waals surface area (Å²) in [7, 11) is 0. The third-order valence-corrected chi connectivity index (χ3v) is 3.64. The molecule has 114 valence electrons. The molecule has 1 aromatic carbocycles. The van der Waals surface area contributed by atoms with E-state index >= 15 is 0 Å². The Balaban J connectivity index is 1.45. The summed E-state index contributed by atoms with van der Waals surface area (Å²) in [6.07, 6.45) is 4.87. The van der Waals surface area contributed by atoms with Crippen molar-refractivity contribution in [1.29, 1.82) is 0 Å². The van der Waals surface area contributed by atoms with Gasteiger partial charge in [-0.3, -0.25) is 4.79 Å². The van der Waals surface area contributed by atoms with Gasteiger partial charge in [0.25, 0.3) is 0 Å². The second-order valence-electron chi connectivity index (χ2n) is 5.89. The van der Waals surface area contributed by atoms with Crippen molar-refractivity contribution < 1.29 is 13.9 Å². The first kappa shape index (κ1) is 14.3. The highest BCUT2D eigenvalue weighted by Crippen LogP contribution is 2.21. The molecule has 2 fully saturated rings. The summed E-state index contributed by atoms with van der Waals surface area (Å²) in [6.45, 7) is 0.929. The van der Waals surface area contributed by atoms with Crippen LogP contribution in [0.4, 0.5) is 4.39 Å². The van der Waals surface area contributed by atoms with Crippen LogP contribution in [-0.4, -0.2) is 24.6 Å². The Bertz CT molecular complexity index is 513. The van der Waals surface area contributed by atoms with E-state index in [0.29, 0.717) is 30.8 Å². The largest absolute Gasteiger partial charge is 0.493 e. The van der Waals surface area contributed by atoms with Gasteiger partial charge in [0, 0.05) is 24.7 Å². The van der Waals surface area contributed by atoms with Gasteiger partial charge in [-0.1, -0.05) is 0 Å². The van der Waals surface area contributed by atoms with Crippen molar-refractivity contribution in [2.45, 2.75) is 50.7 Å². The third-order valence-electron chi connectivity index (χ3n) is 3.64. The zero-order valence-electron chi connectivity index (χ0n) is 12.0. The van der Waals surface area contributed by atoms with Crippen molar-refractivity contribution >= 4 is 5.91 Å². The molecule has 2 N–H and O–H groups in total. The maximum atomic E-state index is 13.5. The summed E-state index contributed by atoms with van der Waals surface area (Å²) < 4.78 is 19.0. The molecule has 0 aliphatic heterocycles. The van der Waals surface area contributed by atoms with Crippen LogP contribution in [0.3, 0.4) is 0 Å². The molecule has 2 saturated carbocycles. The summed E-state index contributed by atoms with van der Waals surface area (Å²) in [5.41, 5.74) is 0.874. The molecule has 1 aromatic rings. The Hall–Kier alpha value is -1.62. The monoisotopic (exact) mass is 292 g/mol. The molecule has 0 aromatic heterocycles. The van der Waals surface area contributed by atoms with Gasteiger partial charge >= 0.3 is 0 Å². The zero-order chi connectivity index (χ0) is 14.7. The molecule has 1 amide bonds. The van der Waals surface area contributed by atoms with E-state index in [1.54, 1.807) is 0 Å². The first-order chi connectivity index (χ1) is 10.2. The number of ether oxygens (including phenoxy) is 1. The first-order valence-electron chi connectivity index (χ1n) is 7.64. The fourth-order valence-electron chi connectivity index (χ4n) is 2.14. The van der Waals surface area contributed by atoms with E-state index in [2.05, 4.69) is 10.6 Å². The lowest BCUT2D eigenvalue weighted by molar-refractivity contribution is -0.121. The summed E-state index contributed by atoms with van der Waals surface area (Å²) in [4.78, 5) is 11.5. The quantitative estimate of drug-likeness (QED) is 0.771. The van der Waals surface area contributed by atoms with Gasteiger partial charge < -0.3 is 15.4 Å². The lowest BCUT2D eigenvalue weighted by Crippen LogP contribution is -2.26. The van der Waals surface area contributed by atoms with Gasteiger partial charge in [0.2, 0.25) is 5.91 Å². The highest BCUT2D eigenvalue weighted by atomic mass is 19.1. The summed E-state index contributed by atoms with van der Waals surface area (Å²) in [5.74, 6) is 0.189. The molecule has 5 heteroatoms. The number of carbonyl (C=O) groups is 1. The molecule has 4 nitrogen and oxygen atoms in total. The third kappa shape index (κ3) is 5.01. The molecule has 0 unspecified atom stereocenters. The summed E-state index contributed by atoms with van der Waals surface area (Å²) >= 11 is 0. The molecule has 2 aliphatic carbocycles. The van der Waals surface area contributed by atoms with Crippen LogP contribution in [0.15, 0.2) is 18.2 Å². The molecule has 21 heavy (non-hydrogen) atoms. The molecule has 0 bridgehead atoms. The number of halogens is 1. The van der Waals surface area contributed by atoms with Crippen LogP contribution in [0.5, 0.6) is 5.75 Å². The van der Waals surface area contributed by atoms with Crippen molar-refractivity contribution in [3.63, 3.8) is 0 Å². The van der Waals surface area contributed by atoms with Crippen molar-refractivity contribution in [2.24, 2.45) is 0 Å². The number of amides is 1. The predicted molar refractivity (Wildman–Crippen MR) is 77.5 cm³/mol. The van der Waals surface area contributed by atoms with Crippen molar-refractivity contribution in [3.8, 4) is 5.75 Å². The van der Waals surface area contributed by atoms with Gasteiger partial charge in [-0.2, -0.15) is 0 Å². The number of hydrogen-bond donors (Lipinski definition) is 2. The number of carbonyl (C=O) groups excluding carboxylic acids is 1. The Morgan fingerprint density at radius 1 is 1.19 bits per heavy atom. The van der Waals surface area contributed by atoms with E-state index in [1.807, 2.05) is 6.07 Å². The zero-order valence-corrected chi connectivity index (χ0v) is 12.0. The van der Waals surface area contributed by atoms with Gasteiger partial charge in [0.05, 0.1) is 13.0 Å². The Labute approximate surface area is 124 Å². The molecule has 0 radical (unpaired) electrons. The van der Waals surface area contributed by atoms with Crippen molar-refractivity contribution in [3.05, 3.63) is 29.6 Å². The number of hydrogen-bond acceptors (Lipinski definition) is 3. The minimum absolute atomic E-state index is 0.00419. The molecular weight excluding hydrogens is 271 g/mol. The van der Waals surface area contributed by atoms with Crippen LogP contribution < -0.4 is 15.4 Å². The minimum Gasteiger partial charge on any atom is -0.493 e. The molecule has 0 heterocycles. The van der Waals surface area contributed by atoms with Crippen LogP contribution in [0.2, 0.25) is 0 Å². The van der Waals surface area contributed by atoms with E-state index in [9.17, 15) is 9.18 Å². The Morgan fingerprint density at radius 3 is 2.67 bits per heavy atom. The van der Waals surface area contributed by atoms with Crippen LogP contribution in [0.1, 0.15) is 37.7 Å². The molecule has 2 aliphatic rings. The summed E-state index contributed by atoms with van der Waals surface area (Å²) in [5, 5.41) is 6.24. The average Bonchev–Trinajstić information content (AvgIpc) is 3.31. The molecule has 3 rings (SSSR count).